The summed E-state index contributed by atoms with van der Waals surface area (Å²) in [4.78, 5) is 10.2. The van der Waals surface area contributed by atoms with Gasteiger partial charge >= 0.3 is 0 Å². The molecule has 1 aromatic rings. The maximum atomic E-state index is 10.8. The number of nitrogens with zero attached hydrogens (tertiary/aromatic N) is 3. The van der Waals surface area contributed by atoms with Crippen LogP contribution in [0.15, 0.2) is 34.5 Å². The first-order chi connectivity index (χ1) is 11.8. The molecule has 0 spiro atoms. The first-order valence-corrected chi connectivity index (χ1v) is 7.37. The fraction of sp³-hybridized carbons (Fsp3) is 0.0833. The van der Waals surface area contributed by atoms with Gasteiger partial charge in [-0.15, -0.1) is 0 Å². The number of hydrazone groups is 2. The Morgan fingerprint density at radius 2 is 1.76 bits per heavy atom. The van der Waals surface area contributed by atoms with Gasteiger partial charge in [0.15, 0.2) is 22.0 Å². The molecule has 1 atom stereocenters. The van der Waals surface area contributed by atoms with Gasteiger partial charge in [-0.3, -0.25) is 26.4 Å². The lowest BCUT2D eigenvalue weighted by Gasteiger charge is -2.10. The minimum Gasteiger partial charge on any atom is -0.461 e. The Hall–Kier alpha value is -3.19. The van der Waals surface area contributed by atoms with Gasteiger partial charge < -0.3 is 16.2 Å². The van der Waals surface area contributed by atoms with Gasteiger partial charge in [-0.2, -0.15) is 10.2 Å². The van der Waals surface area contributed by atoms with E-state index in [2.05, 4.69) is 33.3 Å². The molecule has 1 heterocycles. The third-order valence-corrected chi connectivity index (χ3v) is 3.10. The van der Waals surface area contributed by atoms with Crippen LogP contribution in [0.3, 0.4) is 0 Å². The lowest BCUT2D eigenvalue weighted by atomic mass is 10.0. The molecule has 1 aromatic carbocycles. The van der Waals surface area contributed by atoms with E-state index in [0.717, 1.165) is 0 Å². The van der Waals surface area contributed by atoms with Crippen molar-refractivity contribution in [1.29, 1.82) is 5.41 Å². The molecule has 0 saturated carbocycles. The highest BCUT2D eigenvalue weighted by Gasteiger charge is 2.37. The van der Waals surface area contributed by atoms with Crippen LogP contribution < -0.4 is 22.3 Å². The average molecular weight is 380 g/mol. The number of ether oxygens (including phenoxy) is 1. The number of hydrogen-bond acceptors (Lipinski definition) is 8. The molecule has 2 rings (SSSR count). The van der Waals surface area contributed by atoms with E-state index < -0.39 is 11.0 Å². The molecule has 130 valence electrons. The molecule has 1 aliphatic rings. The van der Waals surface area contributed by atoms with E-state index in [0.29, 0.717) is 5.56 Å². The van der Waals surface area contributed by atoms with Crippen molar-refractivity contribution in [3.8, 4) is 0 Å². The molecule has 1 saturated heterocycles. The summed E-state index contributed by atoms with van der Waals surface area (Å²) >= 11 is 9.36. The number of rotatable bonds is 4. The summed E-state index contributed by atoms with van der Waals surface area (Å²) in [5.41, 5.74) is 16.0. The summed E-state index contributed by atoms with van der Waals surface area (Å²) in [6.07, 6.45) is -0.845. The van der Waals surface area contributed by atoms with Crippen LogP contribution in [-0.2, 0) is 4.74 Å². The summed E-state index contributed by atoms with van der Waals surface area (Å²) in [7, 11) is 0. The normalized spacial score (nSPS) is 19.5. The van der Waals surface area contributed by atoms with Gasteiger partial charge in [-0.05, 0) is 42.1 Å². The highest BCUT2D eigenvalue weighted by atomic mass is 32.1. The van der Waals surface area contributed by atoms with E-state index in [9.17, 15) is 10.1 Å². The zero-order valence-corrected chi connectivity index (χ0v) is 14.1. The lowest BCUT2D eigenvalue weighted by Crippen LogP contribution is -2.31. The van der Waals surface area contributed by atoms with E-state index in [-0.39, 0.29) is 33.2 Å². The zero-order chi connectivity index (χ0) is 18.6. The summed E-state index contributed by atoms with van der Waals surface area (Å²) in [6, 6.07) is 5.58. The van der Waals surface area contributed by atoms with Crippen molar-refractivity contribution in [3.63, 3.8) is 0 Å². The number of nitro groups is 1. The Balaban J connectivity index is 2.41. The third-order valence-electron chi connectivity index (χ3n) is 2.91. The van der Waals surface area contributed by atoms with Crippen molar-refractivity contribution in [2.45, 2.75) is 6.10 Å². The highest BCUT2D eigenvalue weighted by Crippen LogP contribution is 2.27. The van der Waals surface area contributed by atoms with Gasteiger partial charge in [0.1, 0.15) is 5.71 Å². The van der Waals surface area contributed by atoms with Crippen LogP contribution in [0.4, 0.5) is 5.69 Å². The molecular formula is C12H12N8O3S2. The second-order valence-electron chi connectivity index (χ2n) is 4.59. The maximum absolute atomic E-state index is 10.8. The topological polar surface area (TPSA) is 177 Å². The number of thiocarbonyl (C=S) groups is 2. The van der Waals surface area contributed by atoms with Crippen LogP contribution in [0.2, 0.25) is 0 Å². The summed E-state index contributed by atoms with van der Waals surface area (Å²) in [5.74, 6) is -0.296. The molecule has 0 aromatic heterocycles. The smallest absolute Gasteiger partial charge is 0.269 e. The molecule has 25 heavy (non-hydrogen) atoms. The molecule has 0 radical (unpaired) electrons. The molecule has 0 aliphatic carbocycles. The third kappa shape index (κ3) is 4.42. The second kappa shape index (κ2) is 7.59. The van der Waals surface area contributed by atoms with E-state index in [1.807, 2.05) is 0 Å². The minimum absolute atomic E-state index is 0.0277. The molecule has 1 aliphatic heterocycles. The number of hydrogen-bond donors (Lipinski definition) is 5. The van der Waals surface area contributed by atoms with Gasteiger partial charge in [0, 0.05) is 12.1 Å². The fourth-order valence-electron chi connectivity index (χ4n) is 1.91. The summed E-state index contributed by atoms with van der Waals surface area (Å²) in [6.45, 7) is 0. The van der Waals surface area contributed by atoms with E-state index >= 15 is 0 Å². The van der Waals surface area contributed by atoms with Crippen molar-refractivity contribution in [2.75, 3.05) is 0 Å². The van der Waals surface area contributed by atoms with Crippen LogP contribution in [0.1, 0.15) is 11.7 Å². The van der Waals surface area contributed by atoms with Crippen molar-refractivity contribution in [2.24, 2.45) is 21.7 Å². The second-order valence-corrected chi connectivity index (χ2v) is 5.46. The van der Waals surface area contributed by atoms with Crippen LogP contribution in [0, 0.1) is 15.5 Å². The molecule has 1 fully saturated rings. The Labute approximate surface area is 151 Å². The lowest BCUT2D eigenvalue weighted by molar-refractivity contribution is -0.384. The largest absolute Gasteiger partial charge is 0.461 e. The molecule has 0 bridgehead atoms. The van der Waals surface area contributed by atoms with Crippen LogP contribution >= 0.6 is 24.4 Å². The quantitative estimate of drug-likeness (QED) is 0.274. The maximum Gasteiger partial charge on any atom is 0.269 e. The highest BCUT2D eigenvalue weighted by molar-refractivity contribution is 7.80. The standard InChI is InChI=1S/C12H12N8O3S2/c13-10-8(17-19-12(15)25)7(16-18-11(14)24)9(23-10)5-1-3-6(4-2-5)20(21)22/h1-4,9,13H,(H3,14,18,24)(H3,15,19,25)/b13-10?,16-7+,17-8+/t9-/m0/s1. The first kappa shape index (κ1) is 18.2. The van der Waals surface area contributed by atoms with Crippen molar-refractivity contribution in [3.05, 3.63) is 39.9 Å². The number of benzene rings is 1. The van der Waals surface area contributed by atoms with Gasteiger partial charge in [0.05, 0.1) is 4.92 Å². The molecule has 0 unspecified atom stereocenters. The van der Waals surface area contributed by atoms with Crippen molar-refractivity contribution in [1.82, 2.24) is 10.9 Å². The van der Waals surface area contributed by atoms with E-state index in [4.69, 9.17) is 33.8 Å². The predicted octanol–water partition coefficient (Wildman–Crippen LogP) is 0.0218. The summed E-state index contributed by atoms with van der Waals surface area (Å²) < 4.78 is 5.44. The van der Waals surface area contributed by atoms with Crippen molar-refractivity contribution >= 4 is 57.7 Å². The molecule has 0 amide bonds. The van der Waals surface area contributed by atoms with Gasteiger partial charge in [-0.1, -0.05) is 0 Å². The SMILES string of the molecule is N=C1O[C@@H](c2ccc([N+](=O)[O-])cc2)C(=N/NC(N)=S)/C1=N\NC(N)=S. The Morgan fingerprint density at radius 3 is 2.28 bits per heavy atom. The first-order valence-electron chi connectivity index (χ1n) is 6.56. The molecule has 11 nitrogen and oxygen atoms in total. The zero-order valence-electron chi connectivity index (χ0n) is 12.4. The molecule has 13 heteroatoms. The van der Waals surface area contributed by atoms with Crippen LogP contribution in [0.5, 0.6) is 0 Å². The van der Waals surface area contributed by atoms with Crippen LogP contribution in [0.25, 0.3) is 0 Å². The molecule has 7 N–H and O–H groups in total. The average Bonchev–Trinajstić information content (AvgIpc) is 2.86. The Kier molecular flexibility index (Phi) is 5.51. The predicted molar refractivity (Wildman–Crippen MR) is 99.4 cm³/mol. The summed E-state index contributed by atoms with van der Waals surface area (Å²) in [5, 5.41) is 26.3. The Morgan fingerprint density at radius 1 is 1.20 bits per heavy atom. The van der Waals surface area contributed by atoms with Crippen molar-refractivity contribution < 1.29 is 9.66 Å². The number of nitrogens with one attached hydrogen (secondary N) is 3. The minimum atomic E-state index is -0.845. The van der Waals surface area contributed by atoms with Gasteiger partial charge in [0.25, 0.3) is 5.69 Å². The van der Waals surface area contributed by atoms with Crippen LogP contribution in [-0.4, -0.2) is 32.5 Å². The number of nitrogens with two attached hydrogens (primary N) is 2. The van der Waals surface area contributed by atoms with E-state index in [1.165, 1.54) is 24.3 Å². The van der Waals surface area contributed by atoms with Gasteiger partial charge in [-0.25, -0.2) is 0 Å². The van der Waals surface area contributed by atoms with E-state index in [1.54, 1.807) is 0 Å². The van der Waals surface area contributed by atoms with Gasteiger partial charge in [0.2, 0.25) is 5.90 Å². The fourth-order valence-corrected chi connectivity index (χ4v) is 2.00. The molecular weight excluding hydrogens is 368 g/mol. The number of non-ortho nitro benzene ring substituents is 1. The Bertz CT molecular complexity index is 805. The monoisotopic (exact) mass is 380 g/mol. The number of nitro benzene ring substituents is 1.